The van der Waals surface area contributed by atoms with Gasteiger partial charge in [-0.25, -0.2) is 0 Å². The Hall–Kier alpha value is -1.99. The molecule has 0 spiro atoms. The quantitative estimate of drug-likeness (QED) is 0.536. The minimum Gasteiger partial charge on any atom is -0.457 e. The van der Waals surface area contributed by atoms with Gasteiger partial charge in [-0.2, -0.15) is 9.83 Å². The molecule has 0 N–H and O–H groups in total. The molecule has 2 aromatic rings. The molecule has 0 atom stereocenters. The smallest absolute Gasteiger partial charge is 0.320 e. The van der Waals surface area contributed by atoms with Crippen molar-refractivity contribution in [1.82, 2.24) is 0 Å². The molecule has 3 nitrogen and oxygen atoms in total. The van der Waals surface area contributed by atoms with Gasteiger partial charge in [0.2, 0.25) is 5.76 Å². The van der Waals surface area contributed by atoms with E-state index in [0.29, 0.717) is 16.3 Å². The minimum atomic E-state index is 0.574. The SMILES string of the molecule is N#Cc1cc[n+](C(=S)c2ccco2)cc1. The van der Waals surface area contributed by atoms with E-state index < -0.39 is 0 Å². The molecule has 2 aromatic heterocycles. The van der Waals surface area contributed by atoms with Gasteiger partial charge in [0, 0.05) is 12.1 Å². The second kappa shape index (κ2) is 4.03. The first-order chi connectivity index (χ1) is 7.31. The molecule has 2 rings (SSSR count). The van der Waals surface area contributed by atoms with E-state index >= 15 is 0 Å². The summed E-state index contributed by atoms with van der Waals surface area (Å²) in [5.74, 6) is 0.639. The highest BCUT2D eigenvalue weighted by Crippen LogP contribution is 2.01. The summed E-state index contributed by atoms with van der Waals surface area (Å²) in [4.78, 5) is 0.574. The molecule has 0 amide bonds. The lowest BCUT2D eigenvalue weighted by Gasteiger charge is -1.93. The van der Waals surface area contributed by atoms with Gasteiger partial charge in [-0.15, -0.1) is 0 Å². The lowest BCUT2D eigenvalue weighted by Crippen LogP contribution is -2.40. The zero-order valence-electron chi connectivity index (χ0n) is 7.75. The van der Waals surface area contributed by atoms with Crippen LogP contribution in [0.1, 0.15) is 11.3 Å². The van der Waals surface area contributed by atoms with Crippen molar-refractivity contribution >= 4 is 17.2 Å². The van der Waals surface area contributed by atoms with E-state index in [4.69, 9.17) is 21.9 Å². The summed E-state index contributed by atoms with van der Waals surface area (Å²) in [6.45, 7) is 0. The Labute approximate surface area is 92.2 Å². The number of nitrogens with zero attached hydrogens (tertiary/aromatic N) is 2. The van der Waals surface area contributed by atoms with Gasteiger partial charge in [-0.3, -0.25) is 0 Å². The van der Waals surface area contributed by atoms with E-state index in [1.807, 2.05) is 6.07 Å². The first-order valence-electron chi connectivity index (χ1n) is 4.31. The summed E-state index contributed by atoms with van der Waals surface area (Å²) in [5.41, 5.74) is 0.605. The van der Waals surface area contributed by atoms with E-state index in [-0.39, 0.29) is 0 Å². The van der Waals surface area contributed by atoms with E-state index in [2.05, 4.69) is 0 Å². The predicted octanol–water partition coefficient (Wildman–Crippen LogP) is 1.66. The minimum absolute atomic E-state index is 0.574. The molecule has 0 saturated carbocycles. The Kier molecular flexibility index (Phi) is 2.57. The van der Waals surface area contributed by atoms with E-state index in [0.717, 1.165) is 0 Å². The van der Waals surface area contributed by atoms with E-state index in [1.165, 1.54) is 0 Å². The number of furan rings is 1. The summed E-state index contributed by atoms with van der Waals surface area (Å²) < 4.78 is 6.91. The van der Waals surface area contributed by atoms with Crippen LogP contribution in [-0.2, 0) is 0 Å². The third-order valence-corrected chi connectivity index (χ3v) is 2.34. The Balaban J connectivity index is 2.32. The van der Waals surface area contributed by atoms with Crippen molar-refractivity contribution in [3.05, 3.63) is 54.2 Å². The van der Waals surface area contributed by atoms with Crippen molar-refractivity contribution in [3.8, 4) is 6.07 Å². The van der Waals surface area contributed by atoms with Crippen LogP contribution in [0.15, 0.2) is 47.3 Å². The van der Waals surface area contributed by atoms with Gasteiger partial charge in [-0.1, -0.05) is 0 Å². The van der Waals surface area contributed by atoms with Crippen LogP contribution in [0.2, 0.25) is 0 Å². The fourth-order valence-corrected chi connectivity index (χ4v) is 1.40. The lowest BCUT2D eigenvalue weighted by atomic mass is 10.3. The monoisotopic (exact) mass is 215 g/mol. The topological polar surface area (TPSA) is 40.8 Å². The molecule has 72 valence electrons. The molecular weight excluding hydrogens is 208 g/mol. The van der Waals surface area contributed by atoms with Crippen LogP contribution in [-0.4, -0.2) is 4.99 Å². The van der Waals surface area contributed by atoms with Crippen molar-refractivity contribution < 1.29 is 8.98 Å². The molecule has 0 unspecified atom stereocenters. The standard InChI is InChI=1S/C11H7N2OS/c12-8-9-3-5-13(6-4-9)11(15)10-2-1-7-14-10/h1-7H/q+1. The number of rotatable bonds is 1. The second-order valence-corrected chi connectivity index (χ2v) is 3.28. The van der Waals surface area contributed by atoms with Gasteiger partial charge < -0.3 is 4.42 Å². The molecule has 15 heavy (non-hydrogen) atoms. The number of nitriles is 1. The molecule has 0 aromatic carbocycles. The third-order valence-electron chi connectivity index (χ3n) is 1.92. The van der Waals surface area contributed by atoms with Crippen molar-refractivity contribution in [3.63, 3.8) is 0 Å². The lowest BCUT2D eigenvalue weighted by molar-refractivity contribution is -0.551. The molecule has 0 bridgehead atoms. The predicted molar refractivity (Wildman–Crippen MR) is 57.2 cm³/mol. The van der Waals surface area contributed by atoms with Gasteiger partial charge >= 0.3 is 4.99 Å². The fraction of sp³-hybridized carbons (Fsp3) is 0. The highest BCUT2D eigenvalue weighted by Gasteiger charge is 2.14. The summed E-state index contributed by atoms with van der Waals surface area (Å²) >= 11 is 5.21. The van der Waals surface area contributed by atoms with Crippen LogP contribution in [0.25, 0.3) is 0 Å². The van der Waals surface area contributed by atoms with Gasteiger partial charge in [0.1, 0.15) is 0 Å². The van der Waals surface area contributed by atoms with E-state index in [1.54, 1.807) is 47.5 Å². The Bertz CT molecular complexity index is 509. The number of thiocarbonyl (C=S) groups is 1. The molecule has 0 radical (unpaired) electrons. The molecular formula is C11H7N2OS+. The van der Waals surface area contributed by atoms with Gasteiger partial charge in [0.25, 0.3) is 0 Å². The van der Waals surface area contributed by atoms with Gasteiger partial charge in [0.15, 0.2) is 12.4 Å². The van der Waals surface area contributed by atoms with Crippen LogP contribution < -0.4 is 4.57 Å². The highest BCUT2D eigenvalue weighted by atomic mass is 32.1. The number of aromatic nitrogens is 1. The van der Waals surface area contributed by atoms with Gasteiger partial charge in [-0.05, 0) is 24.4 Å². The number of hydrogen-bond donors (Lipinski definition) is 0. The molecule has 0 aliphatic rings. The maximum Gasteiger partial charge on any atom is 0.320 e. The second-order valence-electron chi connectivity index (χ2n) is 2.89. The van der Waals surface area contributed by atoms with Crippen molar-refractivity contribution in [2.45, 2.75) is 0 Å². The van der Waals surface area contributed by atoms with Crippen LogP contribution in [0, 0.1) is 11.3 Å². The van der Waals surface area contributed by atoms with Crippen molar-refractivity contribution in [2.24, 2.45) is 0 Å². The van der Waals surface area contributed by atoms with Crippen LogP contribution in [0.4, 0.5) is 0 Å². The Morgan fingerprint density at radius 1 is 1.33 bits per heavy atom. The average molecular weight is 215 g/mol. The largest absolute Gasteiger partial charge is 0.457 e. The Morgan fingerprint density at radius 3 is 2.60 bits per heavy atom. The maximum absolute atomic E-state index is 8.64. The third kappa shape index (κ3) is 1.92. The molecule has 0 aliphatic carbocycles. The first-order valence-corrected chi connectivity index (χ1v) is 4.72. The summed E-state index contributed by atoms with van der Waals surface area (Å²) in [6, 6.07) is 9.04. The number of hydrogen-bond acceptors (Lipinski definition) is 3. The molecule has 0 fully saturated rings. The first kappa shape index (κ1) is 9.56. The Morgan fingerprint density at radius 2 is 2.07 bits per heavy atom. The van der Waals surface area contributed by atoms with Crippen LogP contribution in [0.5, 0.6) is 0 Å². The number of pyridine rings is 1. The zero-order chi connectivity index (χ0) is 10.7. The summed E-state index contributed by atoms with van der Waals surface area (Å²) in [7, 11) is 0. The summed E-state index contributed by atoms with van der Waals surface area (Å²) in [5, 5.41) is 8.64. The van der Waals surface area contributed by atoms with Crippen LogP contribution >= 0.6 is 12.2 Å². The molecule has 0 saturated heterocycles. The van der Waals surface area contributed by atoms with E-state index in [9.17, 15) is 0 Å². The maximum atomic E-state index is 8.64. The molecule has 2 heterocycles. The average Bonchev–Trinajstić information content (AvgIpc) is 2.82. The highest BCUT2D eigenvalue weighted by molar-refractivity contribution is 7.80. The van der Waals surface area contributed by atoms with Crippen molar-refractivity contribution in [2.75, 3.05) is 0 Å². The van der Waals surface area contributed by atoms with Crippen LogP contribution in [0.3, 0.4) is 0 Å². The molecule has 0 aliphatic heterocycles. The summed E-state index contributed by atoms with van der Waals surface area (Å²) in [6.07, 6.45) is 5.05. The van der Waals surface area contributed by atoms with Gasteiger partial charge in [0.05, 0.1) is 17.9 Å². The zero-order valence-corrected chi connectivity index (χ0v) is 8.57. The molecule has 4 heteroatoms. The van der Waals surface area contributed by atoms with Crippen molar-refractivity contribution in [1.29, 1.82) is 5.26 Å². The fourth-order valence-electron chi connectivity index (χ4n) is 1.16. The normalized spacial score (nSPS) is 9.53.